The van der Waals surface area contributed by atoms with Crippen molar-refractivity contribution < 1.29 is 29.3 Å². The molecule has 0 aliphatic carbocycles. The Balaban J connectivity index is 1.40. The first-order valence-electron chi connectivity index (χ1n) is 10.6. The van der Waals surface area contributed by atoms with Crippen LogP contribution < -0.4 is 15.1 Å². The van der Waals surface area contributed by atoms with Gasteiger partial charge in [-0.25, -0.2) is 4.79 Å². The Bertz CT molecular complexity index is 1100. The lowest BCUT2D eigenvalue weighted by Crippen LogP contribution is -2.41. The monoisotopic (exact) mass is 439 g/mol. The van der Waals surface area contributed by atoms with Crippen LogP contribution in [0.25, 0.3) is 0 Å². The Hall–Kier alpha value is -2.62. The van der Waals surface area contributed by atoms with Gasteiger partial charge in [-0.2, -0.15) is 0 Å². The first kappa shape index (κ1) is 15.3. The maximum absolute atomic E-state index is 12.3. The highest BCUT2D eigenvalue weighted by Crippen LogP contribution is 2.26. The van der Waals surface area contributed by atoms with Crippen LogP contribution in [0.3, 0.4) is 0 Å². The molecule has 2 fully saturated rings. The van der Waals surface area contributed by atoms with E-state index in [1.54, 1.807) is 24.3 Å². The Morgan fingerprint density at radius 2 is 1.93 bits per heavy atom. The van der Waals surface area contributed by atoms with E-state index in [0.29, 0.717) is 14.9 Å². The summed E-state index contributed by atoms with van der Waals surface area (Å²) in [7, 11) is 0. The van der Waals surface area contributed by atoms with E-state index in [1.807, 2.05) is 0 Å². The molecule has 0 bridgehead atoms. The second-order valence-electron chi connectivity index (χ2n) is 6.19. The van der Waals surface area contributed by atoms with Crippen molar-refractivity contribution in [3.63, 3.8) is 0 Å². The van der Waals surface area contributed by atoms with Crippen LogP contribution >= 0.6 is 22.9 Å². The smallest absolute Gasteiger partial charge is 0.414 e. The van der Waals surface area contributed by atoms with Gasteiger partial charge in [-0.1, -0.05) is 11.6 Å². The molecule has 0 unspecified atom stereocenters. The fraction of sp³-hybridized carbons (Fsp3) is 0.316. The molecule has 0 radical (unpaired) electrons. The number of ether oxygens (including phenoxy) is 2. The average Bonchev–Trinajstić information content (AvgIpc) is 3.34. The number of anilines is 2. The van der Waals surface area contributed by atoms with Crippen molar-refractivity contribution in [3.8, 4) is 0 Å². The summed E-state index contributed by atoms with van der Waals surface area (Å²) < 4.78 is 41.1. The third-order valence-corrected chi connectivity index (χ3v) is 5.54. The number of carbonyl (C=O) groups excluding carboxylic acids is 3. The molecule has 2 saturated heterocycles. The normalized spacial score (nSPS) is 24.9. The fourth-order valence-electron chi connectivity index (χ4n) is 2.89. The molecule has 4 rings (SSSR count). The topological polar surface area (TPSA) is 88.2 Å². The minimum atomic E-state index is -2.80. The van der Waals surface area contributed by atoms with E-state index in [9.17, 15) is 14.4 Å². The highest BCUT2D eigenvalue weighted by molar-refractivity contribution is 7.18. The number of morpholine rings is 1. The quantitative estimate of drug-likeness (QED) is 0.773. The summed E-state index contributed by atoms with van der Waals surface area (Å²) in [5, 5.41) is 2.70. The van der Waals surface area contributed by atoms with Crippen molar-refractivity contribution in [2.75, 3.05) is 42.6 Å². The van der Waals surface area contributed by atoms with E-state index in [2.05, 4.69) is 10.1 Å². The van der Waals surface area contributed by atoms with E-state index < -0.39 is 37.8 Å². The van der Waals surface area contributed by atoms with Gasteiger partial charge >= 0.3 is 6.09 Å². The number of benzene rings is 1. The third-order valence-electron chi connectivity index (χ3n) is 4.31. The molecule has 10 heteroatoms. The minimum Gasteiger partial charge on any atom is -0.442 e. The van der Waals surface area contributed by atoms with Crippen molar-refractivity contribution >= 4 is 52.2 Å². The molecular formula is C19H18ClN3O5S. The predicted molar refractivity (Wildman–Crippen MR) is 109 cm³/mol. The van der Waals surface area contributed by atoms with Crippen LogP contribution in [0.15, 0.2) is 36.4 Å². The molecule has 152 valence electrons. The predicted octanol–water partition coefficient (Wildman–Crippen LogP) is 2.52. The number of thiophene rings is 1. The molecule has 1 atom stereocenters. The van der Waals surface area contributed by atoms with Gasteiger partial charge < -0.3 is 19.7 Å². The standard InChI is InChI=1S/C19H18ClN3O5S/c20-16-6-5-15(29-16)18(25)21-9-14-10-23(19(26)28-14)13-3-1-12(2-4-13)22-7-8-27-11-17(22)24/h1-6,14H,7-11H2,(H,21,25)/t14-/m0/s1/i8D2,11D2. The molecule has 3 heterocycles. The Morgan fingerprint density at radius 3 is 2.62 bits per heavy atom. The second kappa shape index (κ2) is 8.40. The molecule has 1 N–H and O–H groups in total. The summed E-state index contributed by atoms with van der Waals surface area (Å²) in [6.07, 6.45) is -1.17. The van der Waals surface area contributed by atoms with Crippen LogP contribution in [0, 0.1) is 0 Å². The van der Waals surface area contributed by atoms with Crippen LogP contribution in [0.2, 0.25) is 4.34 Å². The summed E-state index contributed by atoms with van der Waals surface area (Å²) in [5.74, 6) is -1.34. The SMILES string of the molecule is [2H]C1([2H])CN(c2ccc(N3C[C@H](CNC(=O)c4ccc(Cl)s4)OC3=O)cc2)C(=O)C([2H])([2H])O1. The lowest BCUT2D eigenvalue weighted by molar-refractivity contribution is -0.125. The number of hydrogen-bond donors (Lipinski definition) is 1. The zero-order chi connectivity index (χ0) is 24.0. The minimum absolute atomic E-state index is 0.112. The first-order chi connectivity index (χ1) is 15.4. The van der Waals surface area contributed by atoms with E-state index in [0.717, 1.165) is 16.2 Å². The highest BCUT2D eigenvalue weighted by Gasteiger charge is 2.33. The van der Waals surface area contributed by atoms with Gasteiger partial charge in [-0.3, -0.25) is 14.5 Å². The van der Waals surface area contributed by atoms with Crippen molar-refractivity contribution in [3.05, 3.63) is 45.6 Å². The van der Waals surface area contributed by atoms with Gasteiger partial charge in [0.2, 0.25) is 0 Å². The summed E-state index contributed by atoms with van der Waals surface area (Å²) in [5.41, 5.74) is 0.722. The Kier molecular flexibility index (Phi) is 4.42. The molecule has 0 spiro atoms. The molecule has 2 aromatic rings. The van der Waals surface area contributed by atoms with Crippen LogP contribution in [0.5, 0.6) is 0 Å². The van der Waals surface area contributed by atoms with Gasteiger partial charge in [0.15, 0.2) is 0 Å². The maximum atomic E-state index is 12.3. The summed E-state index contributed by atoms with van der Waals surface area (Å²) in [6, 6.07) is 9.27. The lowest BCUT2D eigenvalue weighted by atomic mass is 10.2. The number of nitrogens with zero attached hydrogens (tertiary/aromatic N) is 2. The number of halogens is 1. The molecule has 2 aliphatic rings. The van der Waals surface area contributed by atoms with Crippen LogP contribution in [0.1, 0.15) is 15.2 Å². The second-order valence-corrected chi connectivity index (χ2v) is 7.90. The zero-order valence-electron chi connectivity index (χ0n) is 18.9. The molecule has 1 aromatic heterocycles. The molecule has 3 amide bonds. The average molecular weight is 440 g/mol. The molecular weight excluding hydrogens is 418 g/mol. The number of amides is 3. The molecule has 8 nitrogen and oxygen atoms in total. The molecule has 29 heavy (non-hydrogen) atoms. The maximum Gasteiger partial charge on any atom is 0.414 e. The van der Waals surface area contributed by atoms with Crippen LogP contribution in [-0.2, 0) is 14.3 Å². The number of nitrogens with one attached hydrogen (secondary N) is 1. The Morgan fingerprint density at radius 1 is 1.21 bits per heavy atom. The van der Waals surface area contributed by atoms with E-state index in [-0.39, 0.29) is 24.7 Å². The van der Waals surface area contributed by atoms with Crippen molar-refractivity contribution in [2.45, 2.75) is 6.10 Å². The molecule has 1 aromatic carbocycles. The number of rotatable bonds is 5. The first-order valence-corrected chi connectivity index (χ1v) is 9.78. The highest BCUT2D eigenvalue weighted by atomic mass is 35.5. The summed E-state index contributed by atoms with van der Waals surface area (Å²) in [6.45, 7) is -5.34. The van der Waals surface area contributed by atoms with Crippen LogP contribution in [0.4, 0.5) is 16.2 Å². The van der Waals surface area contributed by atoms with Gasteiger partial charge in [0.1, 0.15) is 12.7 Å². The van der Waals surface area contributed by atoms with E-state index >= 15 is 0 Å². The number of cyclic esters (lactones) is 1. The number of hydrogen-bond acceptors (Lipinski definition) is 6. The molecule has 2 aliphatic heterocycles. The summed E-state index contributed by atoms with van der Waals surface area (Å²) >= 11 is 6.97. The van der Waals surface area contributed by atoms with Gasteiger partial charge in [0.05, 0.1) is 34.3 Å². The van der Waals surface area contributed by atoms with Crippen molar-refractivity contribution in [1.29, 1.82) is 0 Å². The van der Waals surface area contributed by atoms with Gasteiger partial charge in [-0.05, 0) is 36.4 Å². The zero-order valence-corrected chi connectivity index (χ0v) is 16.5. The largest absolute Gasteiger partial charge is 0.442 e. The molecule has 0 saturated carbocycles. The van der Waals surface area contributed by atoms with Gasteiger partial charge in [0.25, 0.3) is 11.8 Å². The van der Waals surface area contributed by atoms with E-state index in [1.165, 1.54) is 17.0 Å². The third kappa shape index (κ3) is 4.36. The lowest BCUT2D eigenvalue weighted by Gasteiger charge is -2.27. The summed E-state index contributed by atoms with van der Waals surface area (Å²) in [4.78, 5) is 39.6. The van der Waals surface area contributed by atoms with Gasteiger partial charge in [0, 0.05) is 17.9 Å². The Labute approximate surface area is 181 Å². The fourth-order valence-corrected chi connectivity index (χ4v) is 3.85. The van der Waals surface area contributed by atoms with E-state index in [4.69, 9.17) is 21.8 Å². The number of carbonyl (C=O) groups is 3. The van der Waals surface area contributed by atoms with Crippen molar-refractivity contribution in [1.82, 2.24) is 5.32 Å². The van der Waals surface area contributed by atoms with Gasteiger partial charge in [-0.15, -0.1) is 11.3 Å². The van der Waals surface area contributed by atoms with Crippen LogP contribution in [-0.4, -0.2) is 56.8 Å². The van der Waals surface area contributed by atoms with Crippen molar-refractivity contribution in [2.24, 2.45) is 0 Å².